The van der Waals surface area contributed by atoms with Gasteiger partial charge >= 0.3 is 0 Å². The van der Waals surface area contributed by atoms with Crippen LogP contribution >= 0.6 is 0 Å². The fourth-order valence-electron chi connectivity index (χ4n) is 3.10. The summed E-state index contributed by atoms with van der Waals surface area (Å²) in [7, 11) is -3.74. The van der Waals surface area contributed by atoms with Crippen molar-refractivity contribution in [2.75, 3.05) is 15.9 Å². The average molecular weight is 446 g/mol. The SMILES string of the molecule is CC[C@H](C)NC(=O)c1ccccc1NC(=O)[C@@H](C)N(c1ccc(C)c(C)c1)S(C)(=O)=O. The van der Waals surface area contributed by atoms with Crippen LogP contribution in [0.3, 0.4) is 0 Å². The first-order valence-electron chi connectivity index (χ1n) is 10.2. The number of hydrogen-bond acceptors (Lipinski definition) is 4. The van der Waals surface area contributed by atoms with Crippen molar-refractivity contribution < 1.29 is 18.0 Å². The highest BCUT2D eigenvalue weighted by Crippen LogP contribution is 2.25. The van der Waals surface area contributed by atoms with E-state index in [0.717, 1.165) is 28.1 Å². The molecule has 2 amide bonds. The Morgan fingerprint density at radius 3 is 2.26 bits per heavy atom. The van der Waals surface area contributed by atoms with Crippen molar-refractivity contribution in [3.05, 3.63) is 59.2 Å². The van der Waals surface area contributed by atoms with Gasteiger partial charge in [0.1, 0.15) is 6.04 Å². The van der Waals surface area contributed by atoms with Crippen molar-refractivity contribution in [1.82, 2.24) is 5.32 Å². The van der Waals surface area contributed by atoms with Gasteiger partial charge in [0.25, 0.3) is 5.91 Å². The minimum atomic E-state index is -3.74. The molecular weight excluding hydrogens is 414 g/mol. The van der Waals surface area contributed by atoms with E-state index in [4.69, 9.17) is 0 Å². The molecule has 8 heteroatoms. The van der Waals surface area contributed by atoms with Crippen LogP contribution in [-0.4, -0.2) is 38.6 Å². The van der Waals surface area contributed by atoms with Gasteiger partial charge in [0.05, 0.1) is 23.2 Å². The van der Waals surface area contributed by atoms with Gasteiger partial charge in [-0.1, -0.05) is 25.1 Å². The Hall–Kier alpha value is -2.87. The molecule has 168 valence electrons. The van der Waals surface area contributed by atoms with E-state index in [2.05, 4.69) is 10.6 Å². The maximum Gasteiger partial charge on any atom is 0.253 e. The van der Waals surface area contributed by atoms with E-state index in [-0.39, 0.29) is 11.9 Å². The van der Waals surface area contributed by atoms with Crippen molar-refractivity contribution in [1.29, 1.82) is 0 Å². The number of rotatable bonds is 8. The monoisotopic (exact) mass is 445 g/mol. The molecule has 0 aliphatic carbocycles. The van der Waals surface area contributed by atoms with E-state index in [1.165, 1.54) is 6.92 Å². The lowest BCUT2D eigenvalue weighted by atomic mass is 10.1. The van der Waals surface area contributed by atoms with Gasteiger partial charge in [0, 0.05) is 6.04 Å². The number of nitrogens with one attached hydrogen (secondary N) is 2. The Morgan fingerprint density at radius 2 is 1.68 bits per heavy atom. The summed E-state index contributed by atoms with van der Waals surface area (Å²) in [6.45, 7) is 9.20. The highest BCUT2D eigenvalue weighted by Gasteiger charge is 2.30. The molecule has 0 aliphatic heterocycles. The summed E-state index contributed by atoms with van der Waals surface area (Å²) in [6.07, 6.45) is 1.84. The molecule has 2 aromatic rings. The zero-order chi connectivity index (χ0) is 23.3. The van der Waals surface area contributed by atoms with Crippen molar-refractivity contribution in [2.45, 2.75) is 53.1 Å². The number of para-hydroxylation sites is 1. The molecule has 0 fully saturated rings. The molecule has 2 aromatic carbocycles. The number of carbonyl (C=O) groups excluding carboxylic acids is 2. The second-order valence-corrected chi connectivity index (χ2v) is 9.68. The molecule has 0 radical (unpaired) electrons. The molecule has 0 heterocycles. The van der Waals surface area contributed by atoms with E-state index in [1.807, 2.05) is 33.8 Å². The second kappa shape index (κ2) is 9.96. The number of sulfonamides is 1. The highest BCUT2D eigenvalue weighted by molar-refractivity contribution is 7.92. The van der Waals surface area contributed by atoms with Gasteiger partial charge in [-0.2, -0.15) is 0 Å². The van der Waals surface area contributed by atoms with Crippen molar-refractivity contribution >= 4 is 33.2 Å². The van der Waals surface area contributed by atoms with Crippen LogP contribution in [0, 0.1) is 13.8 Å². The van der Waals surface area contributed by atoms with Crippen LogP contribution in [0.1, 0.15) is 48.7 Å². The fourth-order valence-corrected chi connectivity index (χ4v) is 4.27. The zero-order valence-electron chi connectivity index (χ0n) is 18.9. The van der Waals surface area contributed by atoms with Crippen LogP contribution in [0.2, 0.25) is 0 Å². The van der Waals surface area contributed by atoms with Crippen LogP contribution in [0.5, 0.6) is 0 Å². The largest absolute Gasteiger partial charge is 0.350 e. The lowest BCUT2D eigenvalue weighted by molar-refractivity contribution is -0.116. The minimum absolute atomic E-state index is 0.0133. The summed E-state index contributed by atoms with van der Waals surface area (Å²) in [5.74, 6) is -0.834. The van der Waals surface area contributed by atoms with E-state index in [9.17, 15) is 18.0 Å². The van der Waals surface area contributed by atoms with Gasteiger partial charge < -0.3 is 10.6 Å². The second-order valence-electron chi connectivity index (χ2n) is 7.82. The maximum atomic E-state index is 13.0. The summed E-state index contributed by atoms with van der Waals surface area (Å²) in [5.41, 5.74) is 3.01. The molecule has 31 heavy (non-hydrogen) atoms. The number of hydrogen-bond donors (Lipinski definition) is 2. The Labute approximate surface area is 184 Å². The van der Waals surface area contributed by atoms with Crippen molar-refractivity contribution in [2.24, 2.45) is 0 Å². The molecule has 0 saturated carbocycles. The molecule has 2 N–H and O–H groups in total. The van der Waals surface area contributed by atoms with Crippen LogP contribution < -0.4 is 14.9 Å². The average Bonchev–Trinajstić information content (AvgIpc) is 2.69. The predicted molar refractivity (Wildman–Crippen MR) is 125 cm³/mol. The van der Waals surface area contributed by atoms with Crippen LogP contribution in [0.25, 0.3) is 0 Å². The van der Waals surface area contributed by atoms with Crippen LogP contribution in [0.15, 0.2) is 42.5 Å². The molecule has 0 aliphatic rings. The Morgan fingerprint density at radius 1 is 1.03 bits per heavy atom. The summed E-state index contributed by atoms with van der Waals surface area (Å²) >= 11 is 0. The lowest BCUT2D eigenvalue weighted by Crippen LogP contribution is -2.45. The molecule has 0 saturated heterocycles. The summed E-state index contributed by atoms with van der Waals surface area (Å²) < 4.78 is 26.2. The zero-order valence-corrected chi connectivity index (χ0v) is 19.7. The first-order valence-corrected chi connectivity index (χ1v) is 12.1. The summed E-state index contributed by atoms with van der Waals surface area (Å²) in [4.78, 5) is 25.6. The van der Waals surface area contributed by atoms with E-state index >= 15 is 0 Å². The fraction of sp³-hybridized carbons (Fsp3) is 0.391. The van der Waals surface area contributed by atoms with E-state index < -0.39 is 22.0 Å². The lowest BCUT2D eigenvalue weighted by Gasteiger charge is -2.29. The van der Waals surface area contributed by atoms with Crippen molar-refractivity contribution in [3.8, 4) is 0 Å². The van der Waals surface area contributed by atoms with E-state index in [1.54, 1.807) is 36.4 Å². The van der Waals surface area contributed by atoms with Gasteiger partial charge in [0.2, 0.25) is 15.9 Å². The Kier molecular flexibility index (Phi) is 7.84. The predicted octanol–water partition coefficient (Wildman–Crippen LogP) is 3.62. The number of benzene rings is 2. The smallest absolute Gasteiger partial charge is 0.253 e. The number of aryl methyl sites for hydroxylation is 2. The number of amides is 2. The first-order chi connectivity index (χ1) is 14.5. The molecule has 0 aromatic heterocycles. The molecule has 2 rings (SSSR count). The number of anilines is 2. The topological polar surface area (TPSA) is 95.6 Å². The highest BCUT2D eigenvalue weighted by atomic mass is 32.2. The third kappa shape index (κ3) is 6.07. The molecule has 7 nitrogen and oxygen atoms in total. The van der Waals surface area contributed by atoms with Crippen molar-refractivity contribution in [3.63, 3.8) is 0 Å². The third-order valence-electron chi connectivity index (χ3n) is 5.25. The van der Waals surface area contributed by atoms with E-state index in [0.29, 0.717) is 16.9 Å². The van der Waals surface area contributed by atoms with Crippen LogP contribution in [-0.2, 0) is 14.8 Å². The number of nitrogens with zero attached hydrogens (tertiary/aromatic N) is 1. The standard InChI is InChI=1S/C23H31N3O4S/c1-7-17(4)24-23(28)20-10-8-9-11-21(20)25-22(27)18(5)26(31(6,29)30)19-13-12-15(2)16(3)14-19/h8-14,17-18H,7H2,1-6H3,(H,24,28)(H,25,27)/t17-,18+/m0/s1. The number of carbonyl (C=O) groups is 2. The van der Waals surface area contributed by atoms with Gasteiger partial charge in [-0.05, 0) is 69.5 Å². The Bertz CT molecular complexity index is 1070. The third-order valence-corrected chi connectivity index (χ3v) is 6.49. The van der Waals surface area contributed by atoms with Crippen LogP contribution in [0.4, 0.5) is 11.4 Å². The van der Waals surface area contributed by atoms with Gasteiger partial charge in [-0.15, -0.1) is 0 Å². The maximum absolute atomic E-state index is 13.0. The normalized spacial score (nSPS) is 13.2. The van der Waals surface area contributed by atoms with Gasteiger partial charge in [0.15, 0.2) is 0 Å². The Balaban J connectivity index is 2.33. The minimum Gasteiger partial charge on any atom is -0.350 e. The molecular formula is C23H31N3O4S. The molecule has 0 bridgehead atoms. The van der Waals surface area contributed by atoms with Gasteiger partial charge in [-0.25, -0.2) is 8.42 Å². The first kappa shape index (κ1) is 24.4. The molecule has 0 spiro atoms. The quantitative estimate of drug-likeness (QED) is 0.649. The molecule has 2 atom stereocenters. The summed E-state index contributed by atoms with van der Waals surface area (Å²) in [5, 5.41) is 5.60. The summed E-state index contributed by atoms with van der Waals surface area (Å²) in [6, 6.07) is 10.9. The van der Waals surface area contributed by atoms with Gasteiger partial charge in [-0.3, -0.25) is 13.9 Å². The molecule has 0 unspecified atom stereocenters.